The van der Waals surface area contributed by atoms with Crippen LogP contribution < -0.4 is 0 Å². The number of aryl methyl sites for hydroxylation is 1. The lowest BCUT2D eigenvalue weighted by atomic mass is 10.2. The van der Waals surface area contributed by atoms with Gasteiger partial charge < -0.3 is 14.2 Å². The van der Waals surface area contributed by atoms with Gasteiger partial charge in [0, 0.05) is 38.9 Å². The number of carbonyl (C=O) groups is 2. The lowest BCUT2D eigenvalue weighted by Gasteiger charge is -2.34. The molecule has 2 aromatic rings. The highest BCUT2D eigenvalue weighted by Gasteiger charge is 2.28. The molecule has 0 unspecified atom stereocenters. The van der Waals surface area contributed by atoms with E-state index in [0.29, 0.717) is 48.7 Å². The molecule has 1 fully saturated rings. The van der Waals surface area contributed by atoms with Gasteiger partial charge in [-0.3, -0.25) is 14.3 Å². The number of rotatable bonds is 3. The third-order valence-electron chi connectivity index (χ3n) is 3.83. The molecule has 0 N–H and O–H groups in total. The van der Waals surface area contributed by atoms with Crippen LogP contribution in [0.2, 0.25) is 0 Å². The van der Waals surface area contributed by atoms with Gasteiger partial charge in [0.2, 0.25) is 0 Å². The summed E-state index contributed by atoms with van der Waals surface area (Å²) in [5.41, 5.74) is 0.415. The Balaban J connectivity index is 1.63. The van der Waals surface area contributed by atoms with Crippen molar-refractivity contribution in [1.82, 2.24) is 19.6 Å². The lowest BCUT2D eigenvalue weighted by molar-refractivity contribution is 0.0514. The standard InChI is InChI=1S/C15H17BrN4O3/c1-2-20-10-11(16)13(17-20)15(22)19-7-5-18(6-8-19)14(21)12-4-3-9-23-12/h3-4,9-10H,2,5-8H2,1H3. The second kappa shape index (κ2) is 6.57. The van der Waals surface area contributed by atoms with E-state index in [1.54, 1.807) is 32.8 Å². The van der Waals surface area contributed by atoms with Crippen molar-refractivity contribution in [2.24, 2.45) is 0 Å². The summed E-state index contributed by atoms with van der Waals surface area (Å²) in [7, 11) is 0. The molecule has 0 radical (unpaired) electrons. The van der Waals surface area contributed by atoms with Crippen molar-refractivity contribution in [3.63, 3.8) is 0 Å². The molecular weight excluding hydrogens is 364 g/mol. The number of hydrogen-bond acceptors (Lipinski definition) is 4. The molecule has 0 atom stereocenters. The smallest absolute Gasteiger partial charge is 0.289 e. The number of hydrogen-bond donors (Lipinski definition) is 0. The fraction of sp³-hybridized carbons (Fsp3) is 0.400. The van der Waals surface area contributed by atoms with Gasteiger partial charge >= 0.3 is 0 Å². The molecule has 2 amide bonds. The summed E-state index contributed by atoms with van der Waals surface area (Å²) >= 11 is 3.38. The summed E-state index contributed by atoms with van der Waals surface area (Å²) < 4.78 is 7.54. The van der Waals surface area contributed by atoms with Gasteiger partial charge in [0.25, 0.3) is 11.8 Å². The number of aromatic nitrogens is 2. The Morgan fingerprint density at radius 3 is 2.39 bits per heavy atom. The summed E-state index contributed by atoms with van der Waals surface area (Å²) in [5, 5.41) is 4.28. The van der Waals surface area contributed by atoms with E-state index in [1.807, 2.05) is 6.92 Å². The van der Waals surface area contributed by atoms with Crippen molar-refractivity contribution in [2.75, 3.05) is 26.2 Å². The maximum Gasteiger partial charge on any atom is 0.289 e. The summed E-state index contributed by atoms with van der Waals surface area (Å²) in [6.45, 7) is 4.60. The molecule has 3 heterocycles. The Labute approximate surface area is 142 Å². The van der Waals surface area contributed by atoms with Crippen molar-refractivity contribution in [2.45, 2.75) is 13.5 Å². The van der Waals surface area contributed by atoms with Gasteiger partial charge in [0.05, 0.1) is 10.7 Å². The van der Waals surface area contributed by atoms with Crippen LogP contribution >= 0.6 is 15.9 Å². The van der Waals surface area contributed by atoms with Crippen LogP contribution in [0.15, 0.2) is 33.5 Å². The first-order valence-corrected chi connectivity index (χ1v) is 8.24. The van der Waals surface area contributed by atoms with Crippen molar-refractivity contribution in [3.05, 3.63) is 40.5 Å². The number of piperazine rings is 1. The highest BCUT2D eigenvalue weighted by atomic mass is 79.9. The quantitative estimate of drug-likeness (QED) is 0.814. The first-order valence-electron chi connectivity index (χ1n) is 7.45. The van der Waals surface area contributed by atoms with Crippen molar-refractivity contribution in [3.8, 4) is 0 Å². The summed E-state index contributed by atoms with van der Waals surface area (Å²) in [5.74, 6) is 0.0712. The average Bonchev–Trinajstić information content (AvgIpc) is 3.23. The molecule has 1 aliphatic rings. The highest BCUT2D eigenvalue weighted by Crippen LogP contribution is 2.18. The lowest BCUT2D eigenvalue weighted by Crippen LogP contribution is -2.50. The minimum Gasteiger partial charge on any atom is -0.459 e. The van der Waals surface area contributed by atoms with Crippen LogP contribution in [0.3, 0.4) is 0 Å². The van der Waals surface area contributed by atoms with E-state index >= 15 is 0 Å². The van der Waals surface area contributed by atoms with Crippen LogP contribution in [0.4, 0.5) is 0 Å². The van der Waals surface area contributed by atoms with Gasteiger partial charge in [-0.2, -0.15) is 5.10 Å². The van der Waals surface area contributed by atoms with E-state index in [4.69, 9.17) is 4.42 Å². The van der Waals surface area contributed by atoms with Gasteiger partial charge in [0.1, 0.15) is 0 Å². The molecule has 1 aliphatic heterocycles. The van der Waals surface area contributed by atoms with Gasteiger partial charge in [-0.1, -0.05) is 0 Å². The van der Waals surface area contributed by atoms with E-state index in [0.717, 1.165) is 0 Å². The van der Waals surface area contributed by atoms with E-state index in [1.165, 1.54) is 6.26 Å². The van der Waals surface area contributed by atoms with Crippen LogP contribution in [-0.4, -0.2) is 57.6 Å². The number of amides is 2. The Morgan fingerprint density at radius 2 is 1.87 bits per heavy atom. The first-order chi connectivity index (χ1) is 11.1. The largest absolute Gasteiger partial charge is 0.459 e. The Kier molecular flexibility index (Phi) is 4.51. The van der Waals surface area contributed by atoms with Gasteiger partial charge in [-0.15, -0.1) is 0 Å². The highest BCUT2D eigenvalue weighted by molar-refractivity contribution is 9.10. The van der Waals surface area contributed by atoms with E-state index in [-0.39, 0.29) is 11.8 Å². The van der Waals surface area contributed by atoms with Gasteiger partial charge in [-0.25, -0.2) is 0 Å². The molecule has 0 saturated carbocycles. The maximum absolute atomic E-state index is 12.6. The van der Waals surface area contributed by atoms with E-state index in [2.05, 4.69) is 21.0 Å². The molecule has 0 aliphatic carbocycles. The summed E-state index contributed by atoms with van der Waals surface area (Å²) in [6, 6.07) is 3.34. The zero-order valence-corrected chi connectivity index (χ0v) is 14.3. The SMILES string of the molecule is CCn1cc(Br)c(C(=O)N2CCN(C(=O)c3ccco3)CC2)n1. The van der Waals surface area contributed by atoms with Crippen LogP contribution in [0, 0.1) is 0 Å². The molecule has 2 aromatic heterocycles. The zero-order valence-electron chi connectivity index (χ0n) is 12.7. The molecule has 23 heavy (non-hydrogen) atoms. The Bertz CT molecular complexity index is 702. The van der Waals surface area contributed by atoms with Crippen LogP contribution in [0.5, 0.6) is 0 Å². The summed E-state index contributed by atoms with van der Waals surface area (Å²) in [4.78, 5) is 28.2. The number of carbonyl (C=O) groups excluding carboxylic acids is 2. The predicted octanol–water partition coefficient (Wildman–Crippen LogP) is 1.86. The molecule has 8 heteroatoms. The monoisotopic (exact) mass is 380 g/mol. The average molecular weight is 381 g/mol. The second-order valence-electron chi connectivity index (χ2n) is 5.24. The van der Waals surface area contributed by atoms with Gasteiger partial charge in [0.15, 0.2) is 11.5 Å². The first kappa shape index (κ1) is 15.8. The molecule has 0 aromatic carbocycles. The molecule has 7 nitrogen and oxygen atoms in total. The van der Waals surface area contributed by atoms with E-state index in [9.17, 15) is 9.59 Å². The Hall–Kier alpha value is -2.09. The third kappa shape index (κ3) is 3.17. The molecule has 0 bridgehead atoms. The third-order valence-corrected chi connectivity index (χ3v) is 4.41. The summed E-state index contributed by atoms with van der Waals surface area (Å²) in [6.07, 6.45) is 3.28. The maximum atomic E-state index is 12.6. The van der Waals surface area contributed by atoms with Gasteiger partial charge in [-0.05, 0) is 35.0 Å². The Morgan fingerprint density at radius 1 is 1.22 bits per heavy atom. The van der Waals surface area contributed by atoms with Crippen LogP contribution in [0.1, 0.15) is 28.0 Å². The molecule has 0 spiro atoms. The second-order valence-corrected chi connectivity index (χ2v) is 6.10. The fourth-order valence-corrected chi connectivity index (χ4v) is 3.01. The minimum absolute atomic E-state index is 0.117. The number of halogens is 1. The molecular formula is C15H17BrN4O3. The zero-order chi connectivity index (χ0) is 16.4. The fourth-order valence-electron chi connectivity index (χ4n) is 2.52. The molecule has 1 saturated heterocycles. The number of nitrogens with zero attached hydrogens (tertiary/aromatic N) is 4. The van der Waals surface area contributed by atoms with Crippen molar-refractivity contribution in [1.29, 1.82) is 0 Å². The van der Waals surface area contributed by atoms with E-state index < -0.39 is 0 Å². The van der Waals surface area contributed by atoms with Crippen LogP contribution in [-0.2, 0) is 6.54 Å². The van der Waals surface area contributed by atoms with Crippen molar-refractivity contribution < 1.29 is 14.0 Å². The molecule has 3 rings (SSSR count). The number of furan rings is 1. The minimum atomic E-state index is -0.140. The predicted molar refractivity (Wildman–Crippen MR) is 86.1 cm³/mol. The van der Waals surface area contributed by atoms with Crippen LogP contribution in [0.25, 0.3) is 0 Å². The normalized spacial score (nSPS) is 15.0. The molecule has 122 valence electrons. The topological polar surface area (TPSA) is 71.6 Å². The van der Waals surface area contributed by atoms with Crippen molar-refractivity contribution >= 4 is 27.7 Å².